The first kappa shape index (κ1) is 103. The third kappa shape index (κ3) is 29.4. The molecule has 9 N–H and O–H groups in total. The van der Waals surface area contributed by atoms with Crippen molar-refractivity contribution in [3.63, 3.8) is 0 Å². The smallest absolute Gasteiger partial charge is 0.481 e. The largest absolute Gasteiger partial charge is 0.737 e. The summed E-state index contributed by atoms with van der Waals surface area (Å²) in [7, 11) is -7.12. The van der Waals surface area contributed by atoms with Gasteiger partial charge in [0.1, 0.15) is 22.4 Å². The Kier molecular flexibility index (Phi) is 39.2. The van der Waals surface area contributed by atoms with Crippen molar-refractivity contribution in [2.24, 2.45) is 11.8 Å². The van der Waals surface area contributed by atoms with Gasteiger partial charge in [-0.15, -0.1) is 0 Å². The number of hydrogen-bond acceptors (Lipinski definition) is 20. The molecule has 130 heavy (non-hydrogen) atoms. The van der Waals surface area contributed by atoms with Gasteiger partial charge in [0.2, 0.25) is 17.7 Å². The Labute approximate surface area is 770 Å². The SMILES string of the molecule is CCN(CC)c1ccc2c(-c3ccc(S(=O)(=O)CCCSSCC(CC(=O)C(CCCCNC(=O)CCC4=[N+]5C(=Cc6c(C)cc(C)n6[B-]5(F)F)C=C4)NC(=O)[C@@H](CC(=O)[C@H](Cc4ccccc4)NC(=O)CCCCCCCCC(=O)CC[C@H](NC(=S)N[C@@H](CCC(=O)O)OC=O)C(=O)O)Cc4ccccc4)C(=O)O)cc3S(=O)(=O)O)c3ccc(N(CC)CC)cc3[o+]c2c1. The average molecular weight is 1890 g/mol. The minimum absolute atomic E-state index is 0.000819. The molecule has 2 aliphatic rings. The standard InChI is InChI=1S/C93H116BF2N9O20S5/c1-7-102(8-2)68-35-40-73-82(56-68)125-83-57-69(103(9-3)10-4)36-41-74(83)89(73)75-42-39-72(58-84(75)130(121,122)123)129(119,120)49-25-48-127-128-59-66(91(115)116)54-80(108)76(31-23-24-47-97-85(110)44-37-67-33-34-70-55-79-61(5)50-62(6)104(79)94(95,96)105(67)70)99-90(114)65(51-63-26-17-15-18-27-63)53-81(109)78(52-64-28-19-16-20-29-64)98-86(111)32-22-14-12-11-13-21-30-71(107)38-43-77(92(117)118)100-93(126)101-87(124-60-106)45-46-88(112)113/h15-20,26-29,33-36,39-42,50,55-58,60,65-66,76-78,87H,7-14,21-25,30-32,37-38,43-49,51-54,59H2,1-6H3,(H8-,97,98,99,100,101,110,111,112,113,114,115,116,117,118,121,122,123,126)/p+1/t65-,66?,76?,77+,78+,87-/m1/s1. The van der Waals surface area contributed by atoms with E-state index in [4.69, 9.17) is 26.5 Å². The fourth-order valence-corrected chi connectivity index (χ4v) is 21.3. The molecule has 29 nitrogen and oxygen atoms in total. The highest BCUT2D eigenvalue weighted by Gasteiger charge is 2.52. The Morgan fingerprint density at radius 1 is 0.615 bits per heavy atom. The average Bonchev–Trinajstić information content (AvgIpc) is 1.53. The number of aromatic nitrogens is 1. The Bertz CT molecular complexity index is 5490. The lowest BCUT2D eigenvalue weighted by Gasteiger charge is -2.30. The van der Waals surface area contributed by atoms with Gasteiger partial charge in [0.15, 0.2) is 38.4 Å². The number of nitrogens with one attached hydrogen (secondary N) is 5. The number of unbranched alkanes of at least 4 members (excludes halogenated alkanes) is 6. The van der Waals surface area contributed by atoms with E-state index in [0.717, 1.165) is 54.4 Å². The molecule has 9 rings (SSSR count). The van der Waals surface area contributed by atoms with Gasteiger partial charge in [-0.25, -0.2) is 17.6 Å². The highest BCUT2D eigenvalue weighted by atomic mass is 33.1. The number of Topliss-reactive ketones (excluding diaryl/α,β-unsaturated/α-hetero) is 3. The number of carbonyl (C=O) groups is 10. The molecule has 0 bridgehead atoms. The number of amides is 3. The summed E-state index contributed by atoms with van der Waals surface area (Å²) in [5.74, 6) is -9.61. The topological polar surface area (TPSA) is 415 Å². The van der Waals surface area contributed by atoms with Gasteiger partial charge < -0.3 is 74.0 Å². The minimum Gasteiger partial charge on any atom is -0.481 e. The van der Waals surface area contributed by atoms with E-state index in [-0.39, 0.29) is 141 Å². The monoisotopic (exact) mass is 1890 g/mol. The number of carboxylic acids is 3. The van der Waals surface area contributed by atoms with Gasteiger partial charge in [0.05, 0.1) is 58.0 Å². The third-order valence-electron chi connectivity index (χ3n) is 23.3. The number of anilines is 2. The number of allylic oxidation sites excluding steroid dienone is 2. The molecule has 0 saturated heterocycles. The quantitative estimate of drug-likeness (QED) is 0.00197. The second kappa shape index (κ2) is 49.5. The summed E-state index contributed by atoms with van der Waals surface area (Å²) in [6.07, 6.45) is 6.36. The first-order valence-electron chi connectivity index (χ1n) is 44.1. The Balaban J connectivity index is 0.839. The number of ether oxygens (including phenoxy) is 1. The van der Waals surface area contributed by atoms with Gasteiger partial charge in [-0.05, 0) is 176 Å². The second-order valence-corrected chi connectivity index (χ2v) is 39.0. The molecule has 0 aliphatic carbocycles. The summed E-state index contributed by atoms with van der Waals surface area (Å²) in [4.78, 5) is 135. The predicted octanol–water partition coefficient (Wildman–Crippen LogP) is 14.2. The maximum absolute atomic E-state index is 16.3. The summed E-state index contributed by atoms with van der Waals surface area (Å²) in [6.45, 7) is 10.2. The molecule has 0 radical (unpaired) electrons. The van der Waals surface area contributed by atoms with Crippen LogP contribution >= 0.6 is 33.8 Å². The van der Waals surface area contributed by atoms with Crippen LogP contribution in [0.3, 0.4) is 0 Å². The van der Waals surface area contributed by atoms with Crippen LogP contribution < -0.4 is 36.4 Å². The zero-order valence-corrected chi connectivity index (χ0v) is 78.1. The van der Waals surface area contributed by atoms with E-state index in [9.17, 15) is 74.8 Å². The Morgan fingerprint density at radius 3 is 1.82 bits per heavy atom. The highest BCUT2D eigenvalue weighted by Crippen LogP contribution is 2.43. The van der Waals surface area contributed by atoms with E-state index in [1.165, 1.54) is 12.1 Å². The number of sulfone groups is 1. The zero-order valence-electron chi connectivity index (χ0n) is 74.0. The summed E-state index contributed by atoms with van der Waals surface area (Å²) in [6, 6.07) is 30.5. The van der Waals surface area contributed by atoms with Crippen LogP contribution in [0.2, 0.25) is 0 Å². The van der Waals surface area contributed by atoms with Crippen LogP contribution in [0, 0.1) is 25.7 Å². The number of rotatable bonds is 58. The van der Waals surface area contributed by atoms with E-state index in [2.05, 4.69) is 36.4 Å². The summed E-state index contributed by atoms with van der Waals surface area (Å²) >= 11 is 5.15. The lowest BCUT2D eigenvalue weighted by atomic mass is 9.88. The molecule has 3 amide bonds. The molecule has 2 aromatic heterocycles. The van der Waals surface area contributed by atoms with Crippen LogP contribution in [0.15, 0.2) is 153 Å². The van der Waals surface area contributed by atoms with Gasteiger partial charge in [0.25, 0.3) is 16.6 Å². The van der Waals surface area contributed by atoms with Crippen LogP contribution in [0.5, 0.6) is 0 Å². The van der Waals surface area contributed by atoms with Gasteiger partial charge in [-0.3, -0.25) is 47.7 Å². The number of ketones is 3. The number of fused-ring (bicyclic) bond motifs is 4. The maximum atomic E-state index is 16.3. The van der Waals surface area contributed by atoms with Crippen molar-refractivity contribution in [3.05, 3.63) is 167 Å². The first-order chi connectivity index (χ1) is 62.1. The highest BCUT2D eigenvalue weighted by molar-refractivity contribution is 8.76. The van der Waals surface area contributed by atoms with Gasteiger partial charge >= 0.3 is 36.0 Å². The van der Waals surface area contributed by atoms with E-state index in [1.54, 1.807) is 98.8 Å². The molecule has 7 aromatic rings. The van der Waals surface area contributed by atoms with E-state index >= 15 is 13.4 Å². The summed E-state index contributed by atoms with van der Waals surface area (Å²) in [5.41, 5.74) is 6.49. The van der Waals surface area contributed by atoms with Crippen LogP contribution in [0.1, 0.15) is 184 Å². The van der Waals surface area contributed by atoms with Crippen molar-refractivity contribution < 1.29 is 107 Å². The number of halogens is 2. The van der Waals surface area contributed by atoms with Crippen LogP contribution in [0.4, 0.5) is 20.0 Å². The molecule has 2 aliphatic heterocycles. The molecule has 4 heterocycles. The van der Waals surface area contributed by atoms with Gasteiger partial charge in [-0.2, -0.15) is 8.42 Å². The fraction of sp³-hybridized carbons (Fsp3) is 0.452. The second-order valence-electron chi connectivity index (χ2n) is 32.5. The molecular weight excluding hydrogens is 1770 g/mol. The number of aliphatic carboxylic acids is 3. The minimum atomic E-state index is -5.10. The number of thiocarbonyl (C=S) groups is 1. The molecule has 6 atom stereocenters. The fourth-order valence-electron chi connectivity index (χ4n) is 16.3. The van der Waals surface area contributed by atoms with Gasteiger partial charge in [-0.1, -0.05) is 114 Å². The maximum Gasteiger partial charge on any atom is 0.737 e. The van der Waals surface area contributed by atoms with Crippen LogP contribution in [0.25, 0.3) is 39.1 Å². The zero-order chi connectivity index (χ0) is 94.4. The van der Waals surface area contributed by atoms with Gasteiger partial charge in [0, 0.05) is 148 Å². The molecule has 37 heteroatoms. The van der Waals surface area contributed by atoms with Crippen LogP contribution in [-0.4, -0.2) is 197 Å². The molecule has 0 fully saturated rings. The van der Waals surface area contributed by atoms with Crippen molar-refractivity contribution in [2.45, 2.75) is 217 Å². The van der Waals surface area contributed by atoms with E-state index < -0.39 is 134 Å². The number of nitrogens with zero attached hydrogens (tertiary/aromatic N) is 4. The van der Waals surface area contributed by atoms with E-state index in [0.29, 0.717) is 120 Å². The number of aryl methyl sites for hydroxylation is 2. The third-order valence-corrected chi connectivity index (χ3v) is 28.8. The van der Waals surface area contributed by atoms with Crippen molar-refractivity contribution in [3.8, 4) is 11.1 Å². The summed E-state index contributed by atoms with van der Waals surface area (Å²) in [5, 5.41) is 44.1. The Morgan fingerprint density at radius 2 is 1.22 bits per heavy atom. The Hall–Kier alpha value is -10.7. The van der Waals surface area contributed by atoms with Crippen molar-refractivity contribution in [1.82, 2.24) is 31.1 Å². The van der Waals surface area contributed by atoms with Crippen LogP contribution in [-0.2, 0) is 85.5 Å². The molecule has 2 unspecified atom stereocenters. The van der Waals surface area contributed by atoms with Crippen molar-refractivity contribution in [1.29, 1.82) is 0 Å². The number of hydrogen-bond donors (Lipinski definition) is 9. The van der Waals surface area contributed by atoms with Crippen molar-refractivity contribution in [2.75, 3.05) is 59.8 Å². The number of carboxylic acid groups (broad SMARTS) is 3. The molecule has 0 saturated carbocycles. The summed E-state index contributed by atoms with van der Waals surface area (Å²) < 4.78 is 112. The molecule has 5 aromatic carbocycles. The number of benzene rings is 5. The molecule has 700 valence electrons. The molecular formula is C93H117BF2N9O20S5+. The lowest BCUT2D eigenvalue weighted by Crippen LogP contribution is -2.50. The normalized spacial score (nSPS) is 14.2. The lowest BCUT2D eigenvalue weighted by molar-refractivity contribution is -0.362. The van der Waals surface area contributed by atoms with Crippen molar-refractivity contribution >= 4 is 170 Å². The first-order valence-corrected chi connectivity index (χ1v) is 50.1. The van der Waals surface area contributed by atoms with E-state index in [1.807, 2.05) is 64.1 Å². The predicted molar refractivity (Wildman–Crippen MR) is 505 cm³/mol. The number of carbonyl (C=O) groups excluding carboxylic acids is 7. The molecule has 0 spiro atoms.